The van der Waals surface area contributed by atoms with Crippen molar-refractivity contribution in [3.05, 3.63) is 23.8 Å². The van der Waals surface area contributed by atoms with Gasteiger partial charge in [0.15, 0.2) is 0 Å². The Kier molecular flexibility index (Phi) is 3.23. The summed E-state index contributed by atoms with van der Waals surface area (Å²) in [4.78, 5) is 0.553. The quantitative estimate of drug-likeness (QED) is 0.834. The van der Waals surface area contributed by atoms with Crippen LogP contribution in [-0.4, -0.2) is 32.7 Å². The summed E-state index contributed by atoms with van der Waals surface area (Å²) in [6, 6.07) is 2.80. The summed E-state index contributed by atoms with van der Waals surface area (Å²) in [5.41, 5.74) is -1.10. The van der Waals surface area contributed by atoms with Crippen LogP contribution in [0.1, 0.15) is 5.56 Å². The van der Waals surface area contributed by atoms with Gasteiger partial charge in [-0.3, -0.25) is 0 Å². The molecule has 106 valence electrons. The van der Waals surface area contributed by atoms with Gasteiger partial charge in [0.1, 0.15) is 0 Å². The fourth-order valence-corrected chi connectivity index (χ4v) is 2.59. The molecule has 9 heteroatoms. The molecule has 1 aromatic rings. The van der Waals surface area contributed by atoms with Crippen molar-refractivity contribution >= 4 is 15.7 Å². The average Bonchev–Trinajstić information content (AvgIpc) is 2.21. The van der Waals surface area contributed by atoms with Crippen LogP contribution in [0.5, 0.6) is 0 Å². The molecule has 0 saturated carbocycles. The molecule has 1 saturated heterocycles. The van der Waals surface area contributed by atoms with Gasteiger partial charge in [0.25, 0.3) is 0 Å². The third-order valence-corrected chi connectivity index (χ3v) is 3.77. The Hall–Kier alpha value is -1.32. The summed E-state index contributed by atoms with van der Waals surface area (Å²) in [5, 5.41) is 13.9. The highest BCUT2D eigenvalue weighted by Crippen LogP contribution is 2.37. The Balaban J connectivity index is 2.49. The van der Waals surface area contributed by atoms with E-state index in [0.717, 1.165) is 12.1 Å². The Bertz CT molecular complexity index is 595. The van der Waals surface area contributed by atoms with Crippen LogP contribution in [0, 0.1) is 0 Å². The van der Waals surface area contributed by atoms with Crippen LogP contribution >= 0.6 is 0 Å². The smallest absolute Gasteiger partial charge is 0.389 e. The molecule has 0 bridgehead atoms. The minimum Gasteiger partial charge on any atom is -0.389 e. The van der Waals surface area contributed by atoms with E-state index in [1.807, 2.05) is 0 Å². The molecular weight excluding hydrogens is 285 g/mol. The van der Waals surface area contributed by atoms with E-state index in [4.69, 9.17) is 10.2 Å². The lowest BCUT2D eigenvalue weighted by atomic mass is 10.1. The third-order valence-electron chi connectivity index (χ3n) is 2.80. The highest BCUT2D eigenvalue weighted by molar-refractivity contribution is 7.89. The summed E-state index contributed by atoms with van der Waals surface area (Å²) in [5.74, 6) is 0. The minimum atomic E-state index is -4.82. The first-order valence-electron chi connectivity index (χ1n) is 5.26. The lowest BCUT2D eigenvalue weighted by Gasteiger charge is -2.38. The zero-order valence-electron chi connectivity index (χ0n) is 9.55. The van der Waals surface area contributed by atoms with Crippen molar-refractivity contribution in [1.82, 2.24) is 0 Å². The highest BCUT2D eigenvalue weighted by Gasteiger charge is 2.37. The summed E-state index contributed by atoms with van der Waals surface area (Å²) >= 11 is 0. The Morgan fingerprint density at radius 1 is 1.32 bits per heavy atom. The molecule has 0 spiro atoms. The number of rotatable bonds is 2. The van der Waals surface area contributed by atoms with Crippen LogP contribution in [0.3, 0.4) is 0 Å². The van der Waals surface area contributed by atoms with Crippen LogP contribution in [0.25, 0.3) is 0 Å². The van der Waals surface area contributed by atoms with E-state index >= 15 is 0 Å². The van der Waals surface area contributed by atoms with Gasteiger partial charge in [-0.2, -0.15) is 13.2 Å². The fourth-order valence-electron chi connectivity index (χ4n) is 1.85. The first-order chi connectivity index (χ1) is 8.59. The van der Waals surface area contributed by atoms with Gasteiger partial charge in [0, 0.05) is 18.8 Å². The Morgan fingerprint density at radius 3 is 2.32 bits per heavy atom. The van der Waals surface area contributed by atoms with E-state index in [1.54, 1.807) is 0 Å². The molecule has 0 unspecified atom stereocenters. The van der Waals surface area contributed by atoms with Crippen molar-refractivity contribution < 1.29 is 26.7 Å². The number of sulfonamides is 1. The number of halogens is 3. The molecule has 19 heavy (non-hydrogen) atoms. The largest absolute Gasteiger partial charge is 0.417 e. The van der Waals surface area contributed by atoms with Crippen molar-refractivity contribution in [2.75, 3.05) is 18.0 Å². The molecular formula is C10H11F3N2O3S. The van der Waals surface area contributed by atoms with Gasteiger partial charge in [0.05, 0.1) is 16.6 Å². The van der Waals surface area contributed by atoms with Gasteiger partial charge >= 0.3 is 6.18 Å². The normalized spacial score (nSPS) is 17.4. The standard InChI is InChI=1S/C10H11F3N2O3S/c11-10(12,13)8-3-6(15-4-7(16)5-15)1-2-9(8)19(14,17)18/h1-3,7,16H,4-5H2,(H2,14,17,18). The predicted molar refractivity (Wildman–Crippen MR) is 61.0 cm³/mol. The number of primary sulfonamides is 1. The van der Waals surface area contributed by atoms with Crippen LogP contribution in [-0.2, 0) is 16.2 Å². The SMILES string of the molecule is NS(=O)(=O)c1ccc(N2CC(O)C2)cc1C(F)(F)F. The van der Waals surface area contributed by atoms with Gasteiger partial charge in [-0.15, -0.1) is 0 Å². The van der Waals surface area contributed by atoms with E-state index in [-0.39, 0.29) is 18.8 Å². The second kappa shape index (κ2) is 4.36. The number of anilines is 1. The molecule has 1 heterocycles. The maximum absolute atomic E-state index is 12.8. The molecule has 0 radical (unpaired) electrons. The molecule has 0 aromatic heterocycles. The monoisotopic (exact) mass is 296 g/mol. The Morgan fingerprint density at radius 2 is 1.89 bits per heavy atom. The Labute approximate surface area is 107 Å². The molecule has 0 aliphatic carbocycles. The van der Waals surface area contributed by atoms with E-state index in [1.165, 1.54) is 11.0 Å². The van der Waals surface area contributed by atoms with E-state index in [0.29, 0.717) is 0 Å². The topological polar surface area (TPSA) is 83.6 Å². The lowest BCUT2D eigenvalue weighted by molar-refractivity contribution is -0.139. The number of hydrogen-bond acceptors (Lipinski definition) is 4. The second-order valence-corrected chi connectivity index (χ2v) is 5.81. The summed E-state index contributed by atoms with van der Waals surface area (Å²) < 4.78 is 60.8. The van der Waals surface area contributed by atoms with E-state index in [2.05, 4.69) is 0 Å². The molecule has 1 fully saturated rings. The first kappa shape index (κ1) is 14.1. The van der Waals surface area contributed by atoms with Gasteiger partial charge < -0.3 is 10.0 Å². The lowest BCUT2D eigenvalue weighted by Crippen LogP contribution is -2.50. The third kappa shape index (κ3) is 2.82. The molecule has 5 nitrogen and oxygen atoms in total. The maximum atomic E-state index is 12.8. The summed E-state index contributed by atoms with van der Waals surface area (Å²) in [6.07, 6.45) is -5.39. The molecule has 0 atom stereocenters. The number of aliphatic hydroxyl groups excluding tert-OH is 1. The van der Waals surface area contributed by atoms with Crippen molar-refractivity contribution in [1.29, 1.82) is 0 Å². The summed E-state index contributed by atoms with van der Waals surface area (Å²) in [6.45, 7) is 0.429. The number of aliphatic hydroxyl groups is 1. The predicted octanol–water partition coefficient (Wildman–Crippen LogP) is 0.534. The number of nitrogens with two attached hydrogens (primary N) is 1. The van der Waals surface area contributed by atoms with Crippen LogP contribution < -0.4 is 10.0 Å². The van der Waals surface area contributed by atoms with Crippen LogP contribution in [0.2, 0.25) is 0 Å². The molecule has 2 rings (SSSR count). The number of nitrogens with zero attached hydrogens (tertiary/aromatic N) is 1. The average molecular weight is 296 g/mol. The number of hydrogen-bond donors (Lipinski definition) is 2. The number of alkyl halides is 3. The molecule has 3 N–H and O–H groups in total. The molecule has 1 aliphatic rings. The molecule has 0 amide bonds. The van der Waals surface area contributed by atoms with Crippen molar-refractivity contribution in [3.63, 3.8) is 0 Å². The van der Waals surface area contributed by atoms with Gasteiger partial charge in [-0.1, -0.05) is 0 Å². The maximum Gasteiger partial charge on any atom is 0.417 e. The van der Waals surface area contributed by atoms with Crippen molar-refractivity contribution in [3.8, 4) is 0 Å². The highest BCUT2D eigenvalue weighted by atomic mass is 32.2. The summed E-state index contributed by atoms with van der Waals surface area (Å²) in [7, 11) is -4.45. The molecule has 1 aliphatic heterocycles. The fraction of sp³-hybridized carbons (Fsp3) is 0.400. The second-order valence-electron chi connectivity index (χ2n) is 4.28. The van der Waals surface area contributed by atoms with Gasteiger partial charge in [-0.05, 0) is 18.2 Å². The zero-order valence-corrected chi connectivity index (χ0v) is 10.4. The van der Waals surface area contributed by atoms with Gasteiger partial charge in [0.2, 0.25) is 10.0 Å². The van der Waals surface area contributed by atoms with Gasteiger partial charge in [-0.25, -0.2) is 13.6 Å². The van der Waals surface area contributed by atoms with Crippen molar-refractivity contribution in [2.45, 2.75) is 17.2 Å². The van der Waals surface area contributed by atoms with Crippen LogP contribution in [0.15, 0.2) is 23.1 Å². The van der Waals surface area contributed by atoms with E-state index < -0.39 is 32.8 Å². The number of benzene rings is 1. The van der Waals surface area contributed by atoms with Crippen LogP contribution in [0.4, 0.5) is 18.9 Å². The van der Waals surface area contributed by atoms with E-state index in [9.17, 15) is 21.6 Å². The minimum absolute atomic E-state index is 0.199. The van der Waals surface area contributed by atoms with Crippen molar-refractivity contribution in [2.24, 2.45) is 5.14 Å². The number of β-amino-alcohol motifs (C(OH)–C–C–N with tert-alkyl or cyclic N) is 1. The molecule has 1 aromatic carbocycles. The zero-order chi connectivity index (χ0) is 14.4. The first-order valence-corrected chi connectivity index (χ1v) is 6.81.